The lowest BCUT2D eigenvalue weighted by Gasteiger charge is -2.37. The van der Waals surface area contributed by atoms with Crippen LogP contribution >= 0.6 is 0 Å². The summed E-state index contributed by atoms with van der Waals surface area (Å²) in [6, 6.07) is 0. The first-order valence-electron chi connectivity index (χ1n) is 7.97. The second-order valence-corrected chi connectivity index (χ2v) is 6.98. The van der Waals surface area contributed by atoms with Crippen molar-refractivity contribution in [2.75, 3.05) is 13.1 Å². The molecule has 0 amide bonds. The Balaban J connectivity index is 1.63. The second-order valence-electron chi connectivity index (χ2n) is 6.98. The quantitative estimate of drug-likeness (QED) is 0.829. The van der Waals surface area contributed by atoms with E-state index in [1.807, 2.05) is 0 Å². The Morgan fingerprint density at radius 2 is 2.22 bits per heavy atom. The van der Waals surface area contributed by atoms with Crippen LogP contribution in [0.1, 0.15) is 58.3 Å². The fraction of sp³-hybridized carbons (Fsp3) is 0.938. The van der Waals surface area contributed by atoms with Gasteiger partial charge in [0.15, 0.2) is 0 Å². The van der Waals surface area contributed by atoms with Crippen molar-refractivity contribution < 1.29 is 4.79 Å². The van der Waals surface area contributed by atoms with Crippen molar-refractivity contribution in [1.29, 1.82) is 0 Å². The summed E-state index contributed by atoms with van der Waals surface area (Å²) in [5.74, 6) is 3.18. The molecule has 2 nitrogen and oxygen atoms in total. The molecule has 1 N–H and O–H groups in total. The van der Waals surface area contributed by atoms with Gasteiger partial charge in [0.25, 0.3) is 0 Å². The molecule has 1 heterocycles. The minimum absolute atomic E-state index is 0.0138. The lowest BCUT2D eigenvalue weighted by Crippen LogP contribution is -2.45. The maximum atomic E-state index is 12.7. The summed E-state index contributed by atoms with van der Waals surface area (Å²) >= 11 is 0. The van der Waals surface area contributed by atoms with Gasteiger partial charge in [0.2, 0.25) is 0 Å². The molecule has 2 saturated carbocycles. The molecule has 2 bridgehead atoms. The predicted octanol–water partition coefficient (Wildman–Crippen LogP) is 3.16. The topological polar surface area (TPSA) is 29.1 Å². The second kappa shape index (κ2) is 4.96. The van der Waals surface area contributed by atoms with Crippen molar-refractivity contribution in [3.63, 3.8) is 0 Å². The number of nitrogens with one attached hydrogen (secondary N) is 1. The summed E-state index contributed by atoms with van der Waals surface area (Å²) < 4.78 is 0. The zero-order valence-electron chi connectivity index (χ0n) is 11.7. The average Bonchev–Trinajstić information content (AvgIpc) is 3.01. The van der Waals surface area contributed by atoms with Crippen molar-refractivity contribution in [3.8, 4) is 0 Å². The SMILES string of the molecule is CCC1(C(=O)CC2CC3CCC2C3)CCCNC1. The molecule has 1 saturated heterocycles. The monoisotopic (exact) mass is 249 g/mol. The molecule has 18 heavy (non-hydrogen) atoms. The lowest BCUT2D eigenvalue weighted by atomic mass is 9.71. The van der Waals surface area contributed by atoms with E-state index < -0.39 is 0 Å². The van der Waals surface area contributed by atoms with Gasteiger partial charge in [-0.2, -0.15) is 0 Å². The zero-order valence-corrected chi connectivity index (χ0v) is 11.7. The molecule has 4 unspecified atom stereocenters. The van der Waals surface area contributed by atoms with Gasteiger partial charge < -0.3 is 5.32 Å². The largest absolute Gasteiger partial charge is 0.316 e. The van der Waals surface area contributed by atoms with Gasteiger partial charge >= 0.3 is 0 Å². The fourth-order valence-corrected chi connectivity index (χ4v) is 4.79. The van der Waals surface area contributed by atoms with Crippen LogP contribution in [0.3, 0.4) is 0 Å². The van der Waals surface area contributed by atoms with Crippen LogP contribution in [0, 0.1) is 23.2 Å². The van der Waals surface area contributed by atoms with Crippen molar-refractivity contribution >= 4 is 5.78 Å². The number of rotatable bonds is 4. The molecule has 0 aromatic carbocycles. The summed E-state index contributed by atoms with van der Waals surface area (Å²) in [6.45, 7) is 4.23. The lowest BCUT2D eigenvalue weighted by molar-refractivity contribution is -0.131. The first kappa shape index (κ1) is 12.7. The van der Waals surface area contributed by atoms with Crippen LogP contribution in [-0.2, 0) is 4.79 Å². The van der Waals surface area contributed by atoms with Gasteiger partial charge in [-0.25, -0.2) is 0 Å². The molecule has 3 aliphatic rings. The van der Waals surface area contributed by atoms with Crippen molar-refractivity contribution in [2.24, 2.45) is 23.2 Å². The fourth-order valence-electron chi connectivity index (χ4n) is 4.79. The number of piperidine rings is 1. The van der Waals surface area contributed by atoms with Crippen molar-refractivity contribution in [3.05, 3.63) is 0 Å². The molecule has 1 aliphatic heterocycles. The maximum absolute atomic E-state index is 12.7. The minimum atomic E-state index is -0.0138. The van der Waals surface area contributed by atoms with E-state index in [1.165, 1.54) is 32.1 Å². The van der Waals surface area contributed by atoms with E-state index in [1.54, 1.807) is 0 Å². The number of Topliss-reactive ketones (excluding diaryl/α,β-unsaturated/α-hetero) is 1. The first-order chi connectivity index (χ1) is 8.73. The summed E-state index contributed by atoms with van der Waals surface area (Å²) in [6.07, 6.45) is 9.83. The number of fused-ring (bicyclic) bond motifs is 2. The van der Waals surface area contributed by atoms with Gasteiger partial charge in [-0.05, 0) is 62.8 Å². The zero-order chi connectivity index (χ0) is 12.6. The molecule has 0 spiro atoms. The van der Waals surface area contributed by atoms with E-state index >= 15 is 0 Å². The molecule has 102 valence electrons. The summed E-state index contributed by atoms with van der Waals surface area (Å²) in [5.41, 5.74) is -0.0138. The highest BCUT2D eigenvalue weighted by Gasteiger charge is 2.44. The van der Waals surface area contributed by atoms with E-state index in [9.17, 15) is 4.79 Å². The van der Waals surface area contributed by atoms with E-state index in [0.29, 0.717) is 5.78 Å². The van der Waals surface area contributed by atoms with Gasteiger partial charge in [0.1, 0.15) is 5.78 Å². The first-order valence-corrected chi connectivity index (χ1v) is 7.97. The Morgan fingerprint density at radius 3 is 2.78 bits per heavy atom. The van der Waals surface area contributed by atoms with E-state index in [-0.39, 0.29) is 5.41 Å². The molecular weight excluding hydrogens is 222 g/mol. The third-order valence-electron chi connectivity index (χ3n) is 6.07. The summed E-state index contributed by atoms with van der Waals surface area (Å²) in [5, 5.41) is 3.45. The number of carbonyl (C=O) groups excluding carboxylic acids is 1. The van der Waals surface area contributed by atoms with E-state index in [0.717, 1.165) is 50.1 Å². The molecule has 3 rings (SSSR count). The third kappa shape index (κ3) is 2.13. The molecular formula is C16H27NO. The van der Waals surface area contributed by atoms with Crippen molar-refractivity contribution in [1.82, 2.24) is 5.32 Å². The Morgan fingerprint density at radius 1 is 1.33 bits per heavy atom. The molecule has 3 fully saturated rings. The highest BCUT2D eigenvalue weighted by atomic mass is 16.1. The van der Waals surface area contributed by atoms with Gasteiger partial charge in [0, 0.05) is 18.4 Å². The van der Waals surface area contributed by atoms with Gasteiger partial charge in [-0.1, -0.05) is 13.3 Å². The van der Waals surface area contributed by atoms with Crippen molar-refractivity contribution in [2.45, 2.75) is 58.3 Å². The van der Waals surface area contributed by atoms with Crippen LogP contribution < -0.4 is 5.32 Å². The molecule has 0 aromatic rings. The highest BCUT2D eigenvalue weighted by Crippen LogP contribution is 2.50. The van der Waals surface area contributed by atoms with E-state index in [4.69, 9.17) is 0 Å². The van der Waals surface area contributed by atoms with Crippen LogP contribution in [0.15, 0.2) is 0 Å². The average molecular weight is 249 g/mol. The number of carbonyl (C=O) groups is 1. The Bertz CT molecular complexity index is 319. The molecule has 2 aliphatic carbocycles. The predicted molar refractivity (Wildman–Crippen MR) is 73.4 cm³/mol. The number of ketones is 1. The normalized spacial score (nSPS) is 43.3. The van der Waals surface area contributed by atoms with Gasteiger partial charge in [-0.15, -0.1) is 0 Å². The third-order valence-corrected chi connectivity index (χ3v) is 6.07. The van der Waals surface area contributed by atoms with E-state index in [2.05, 4.69) is 12.2 Å². The van der Waals surface area contributed by atoms with Crippen LogP contribution in [0.2, 0.25) is 0 Å². The molecule has 4 atom stereocenters. The van der Waals surface area contributed by atoms with Crippen LogP contribution in [0.5, 0.6) is 0 Å². The minimum Gasteiger partial charge on any atom is -0.316 e. The number of hydrogen-bond donors (Lipinski definition) is 1. The van der Waals surface area contributed by atoms with Crippen LogP contribution in [0.25, 0.3) is 0 Å². The number of hydrogen-bond acceptors (Lipinski definition) is 2. The Labute approximate surface area is 111 Å². The summed E-state index contributed by atoms with van der Waals surface area (Å²) in [4.78, 5) is 12.7. The highest BCUT2D eigenvalue weighted by molar-refractivity contribution is 5.85. The van der Waals surface area contributed by atoms with Gasteiger partial charge in [-0.3, -0.25) is 4.79 Å². The molecule has 2 heteroatoms. The van der Waals surface area contributed by atoms with Gasteiger partial charge in [0.05, 0.1) is 0 Å². The van der Waals surface area contributed by atoms with Crippen LogP contribution in [-0.4, -0.2) is 18.9 Å². The Kier molecular flexibility index (Phi) is 3.48. The molecule has 0 aromatic heterocycles. The molecule has 0 radical (unpaired) electrons. The smallest absolute Gasteiger partial charge is 0.140 e. The maximum Gasteiger partial charge on any atom is 0.140 e. The van der Waals surface area contributed by atoms with Crippen LogP contribution in [0.4, 0.5) is 0 Å². The Hall–Kier alpha value is -0.370. The summed E-state index contributed by atoms with van der Waals surface area (Å²) in [7, 11) is 0. The standard InChI is InChI=1S/C16H27NO/c1-2-16(6-3-7-17-11-16)15(18)10-14-9-12-4-5-13(14)8-12/h12-14,17H,2-11H2,1H3.